The summed E-state index contributed by atoms with van der Waals surface area (Å²) < 4.78 is 6.72. The molecular formula is C11H10INO. The average Bonchev–Trinajstić information content (AvgIpc) is 2.57. The number of oxazole rings is 1. The molecule has 1 aromatic carbocycles. The zero-order valence-electron chi connectivity index (χ0n) is 8.04. The lowest BCUT2D eigenvalue weighted by Gasteiger charge is -2.02. The molecule has 0 fully saturated rings. The Kier molecular flexibility index (Phi) is 2.58. The number of aryl methyl sites for hydroxylation is 1. The van der Waals surface area contributed by atoms with E-state index in [2.05, 4.69) is 40.6 Å². The molecule has 2 aromatic rings. The van der Waals surface area contributed by atoms with Gasteiger partial charge in [-0.25, -0.2) is 4.98 Å². The molecular weight excluding hydrogens is 289 g/mol. The van der Waals surface area contributed by atoms with Gasteiger partial charge in [0.2, 0.25) is 5.89 Å². The lowest BCUT2D eigenvalue weighted by molar-refractivity contribution is 0.542. The molecule has 2 rings (SSSR count). The van der Waals surface area contributed by atoms with Crippen LogP contribution in [0.1, 0.15) is 11.3 Å². The van der Waals surface area contributed by atoms with Crippen LogP contribution in [0.15, 0.2) is 28.8 Å². The van der Waals surface area contributed by atoms with Gasteiger partial charge in [0.1, 0.15) is 5.76 Å². The van der Waals surface area contributed by atoms with Crippen LogP contribution >= 0.6 is 22.6 Å². The van der Waals surface area contributed by atoms with Crippen molar-refractivity contribution < 1.29 is 4.42 Å². The van der Waals surface area contributed by atoms with E-state index in [0.717, 1.165) is 11.3 Å². The molecule has 0 aliphatic rings. The molecule has 0 radical (unpaired) electrons. The number of rotatable bonds is 1. The quantitative estimate of drug-likeness (QED) is 0.752. The third kappa shape index (κ3) is 1.68. The SMILES string of the molecule is Cc1cnc(-c2cccc(I)c2C)o1. The van der Waals surface area contributed by atoms with Crippen LogP contribution in [0, 0.1) is 17.4 Å². The summed E-state index contributed by atoms with van der Waals surface area (Å²) in [5.41, 5.74) is 2.29. The minimum atomic E-state index is 0.707. The average molecular weight is 299 g/mol. The summed E-state index contributed by atoms with van der Waals surface area (Å²) in [6, 6.07) is 6.13. The molecule has 1 heterocycles. The normalized spacial score (nSPS) is 10.5. The Hall–Kier alpha value is -0.840. The van der Waals surface area contributed by atoms with E-state index >= 15 is 0 Å². The van der Waals surface area contributed by atoms with Gasteiger partial charge >= 0.3 is 0 Å². The highest BCUT2D eigenvalue weighted by Gasteiger charge is 2.08. The molecule has 0 unspecified atom stereocenters. The molecule has 3 heteroatoms. The van der Waals surface area contributed by atoms with Gasteiger partial charge in [0.05, 0.1) is 6.20 Å². The first-order valence-electron chi connectivity index (χ1n) is 4.36. The van der Waals surface area contributed by atoms with Crippen LogP contribution in [-0.2, 0) is 0 Å². The summed E-state index contributed by atoms with van der Waals surface area (Å²) in [6.07, 6.45) is 1.74. The Bertz CT molecular complexity index is 462. The van der Waals surface area contributed by atoms with E-state index in [4.69, 9.17) is 4.42 Å². The predicted octanol–water partition coefficient (Wildman–Crippen LogP) is 3.56. The number of halogens is 1. The first-order valence-corrected chi connectivity index (χ1v) is 5.44. The standard InChI is InChI=1S/C11H10INO/c1-7-6-13-11(14-7)9-4-3-5-10(12)8(9)2/h3-6H,1-2H3. The topological polar surface area (TPSA) is 26.0 Å². The van der Waals surface area contributed by atoms with Crippen molar-refractivity contribution in [1.29, 1.82) is 0 Å². The van der Waals surface area contributed by atoms with Crippen LogP contribution in [0.5, 0.6) is 0 Å². The monoisotopic (exact) mass is 299 g/mol. The molecule has 0 atom stereocenters. The minimum Gasteiger partial charge on any atom is -0.441 e. The highest BCUT2D eigenvalue weighted by molar-refractivity contribution is 14.1. The molecule has 0 saturated heterocycles. The third-order valence-electron chi connectivity index (χ3n) is 2.12. The molecule has 2 nitrogen and oxygen atoms in total. The van der Waals surface area contributed by atoms with Gasteiger partial charge in [-0.2, -0.15) is 0 Å². The van der Waals surface area contributed by atoms with Crippen LogP contribution < -0.4 is 0 Å². The largest absolute Gasteiger partial charge is 0.441 e. The van der Waals surface area contributed by atoms with Crippen LogP contribution in [0.25, 0.3) is 11.5 Å². The summed E-state index contributed by atoms with van der Waals surface area (Å²) >= 11 is 2.31. The smallest absolute Gasteiger partial charge is 0.226 e. The maximum absolute atomic E-state index is 5.49. The maximum atomic E-state index is 5.49. The minimum absolute atomic E-state index is 0.707. The van der Waals surface area contributed by atoms with E-state index in [-0.39, 0.29) is 0 Å². The summed E-state index contributed by atoms with van der Waals surface area (Å²) in [6.45, 7) is 3.98. The highest BCUT2D eigenvalue weighted by atomic mass is 127. The van der Waals surface area contributed by atoms with Gasteiger partial charge in [-0.05, 0) is 54.1 Å². The molecule has 0 aliphatic carbocycles. The van der Waals surface area contributed by atoms with Gasteiger partial charge in [-0.15, -0.1) is 0 Å². The van der Waals surface area contributed by atoms with Crippen molar-refractivity contribution in [2.24, 2.45) is 0 Å². The van der Waals surface area contributed by atoms with Crippen LogP contribution in [0.2, 0.25) is 0 Å². The molecule has 14 heavy (non-hydrogen) atoms. The Labute approximate surface area is 96.5 Å². The highest BCUT2D eigenvalue weighted by Crippen LogP contribution is 2.25. The van der Waals surface area contributed by atoms with Crippen molar-refractivity contribution in [3.05, 3.63) is 39.3 Å². The Morgan fingerprint density at radius 3 is 2.71 bits per heavy atom. The van der Waals surface area contributed by atoms with E-state index in [1.165, 1.54) is 9.13 Å². The molecule has 72 valence electrons. The van der Waals surface area contributed by atoms with Gasteiger partial charge in [-0.3, -0.25) is 0 Å². The van der Waals surface area contributed by atoms with Crippen molar-refractivity contribution in [2.75, 3.05) is 0 Å². The lowest BCUT2D eigenvalue weighted by atomic mass is 10.1. The first kappa shape index (κ1) is 9.71. The van der Waals surface area contributed by atoms with E-state index in [9.17, 15) is 0 Å². The van der Waals surface area contributed by atoms with Gasteiger partial charge in [0.15, 0.2) is 0 Å². The van der Waals surface area contributed by atoms with Crippen LogP contribution in [0.3, 0.4) is 0 Å². The fraction of sp³-hybridized carbons (Fsp3) is 0.182. The van der Waals surface area contributed by atoms with E-state index in [1.54, 1.807) is 6.20 Å². The fourth-order valence-electron chi connectivity index (χ4n) is 1.32. The zero-order valence-corrected chi connectivity index (χ0v) is 10.2. The predicted molar refractivity (Wildman–Crippen MR) is 64.1 cm³/mol. The number of hydrogen-bond acceptors (Lipinski definition) is 2. The summed E-state index contributed by atoms with van der Waals surface area (Å²) in [4.78, 5) is 4.22. The molecule has 1 aromatic heterocycles. The molecule has 0 bridgehead atoms. The van der Waals surface area contributed by atoms with Crippen molar-refractivity contribution in [1.82, 2.24) is 4.98 Å². The van der Waals surface area contributed by atoms with Crippen LogP contribution in [-0.4, -0.2) is 4.98 Å². The fourth-order valence-corrected chi connectivity index (χ4v) is 1.82. The van der Waals surface area contributed by atoms with Crippen molar-refractivity contribution in [2.45, 2.75) is 13.8 Å². The van der Waals surface area contributed by atoms with Crippen LogP contribution in [0.4, 0.5) is 0 Å². The molecule has 0 saturated carbocycles. The summed E-state index contributed by atoms with van der Waals surface area (Å²) in [5, 5.41) is 0. The third-order valence-corrected chi connectivity index (χ3v) is 3.29. The van der Waals surface area contributed by atoms with Gasteiger partial charge in [0, 0.05) is 9.13 Å². The number of benzene rings is 1. The number of nitrogens with zero attached hydrogens (tertiary/aromatic N) is 1. The Morgan fingerprint density at radius 1 is 1.29 bits per heavy atom. The van der Waals surface area contributed by atoms with Gasteiger partial charge in [-0.1, -0.05) is 6.07 Å². The van der Waals surface area contributed by atoms with Gasteiger partial charge in [0.25, 0.3) is 0 Å². The Balaban J connectivity index is 2.57. The molecule has 0 spiro atoms. The van der Waals surface area contributed by atoms with Crippen molar-refractivity contribution >= 4 is 22.6 Å². The second kappa shape index (κ2) is 3.73. The number of aromatic nitrogens is 1. The second-order valence-corrected chi connectivity index (χ2v) is 4.35. The number of hydrogen-bond donors (Lipinski definition) is 0. The van der Waals surface area contributed by atoms with E-state index in [1.807, 2.05) is 19.1 Å². The Morgan fingerprint density at radius 2 is 2.07 bits per heavy atom. The van der Waals surface area contributed by atoms with Crippen molar-refractivity contribution in [3.63, 3.8) is 0 Å². The van der Waals surface area contributed by atoms with E-state index in [0.29, 0.717) is 5.89 Å². The summed E-state index contributed by atoms with van der Waals surface area (Å²) in [5.74, 6) is 1.55. The molecule has 0 N–H and O–H groups in total. The second-order valence-electron chi connectivity index (χ2n) is 3.19. The molecule has 0 aliphatic heterocycles. The maximum Gasteiger partial charge on any atom is 0.226 e. The van der Waals surface area contributed by atoms with E-state index < -0.39 is 0 Å². The van der Waals surface area contributed by atoms with Gasteiger partial charge < -0.3 is 4.42 Å². The zero-order chi connectivity index (χ0) is 10.1. The first-order chi connectivity index (χ1) is 6.68. The molecule has 0 amide bonds. The lowest BCUT2D eigenvalue weighted by Crippen LogP contribution is -1.86. The van der Waals surface area contributed by atoms with Crippen molar-refractivity contribution in [3.8, 4) is 11.5 Å². The summed E-state index contributed by atoms with van der Waals surface area (Å²) in [7, 11) is 0.